The van der Waals surface area contributed by atoms with Gasteiger partial charge in [0.05, 0.1) is 12.8 Å². The van der Waals surface area contributed by atoms with Gasteiger partial charge in [-0.3, -0.25) is 5.10 Å². The minimum atomic E-state index is -0.0489. The molecule has 0 spiro atoms. The van der Waals surface area contributed by atoms with Crippen LogP contribution in [0.2, 0.25) is 0 Å². The molecule has 1 aromatic heterocycles. The number of hydrogen-bond donors (Lipinski definition) is 1. The summed E-state index contributed by atoms with van der Waals surface area (Å²) in [6.07, 6.45) is 3.65. The van der Waals surface area contributed by atoms with Gasteiger partial charge in [0.2, 0.25) is 4.77 Å². The van der Waals surface area contributed by atoms with E-state index >= 15 is 0 Å². The molecule has 1 aliphatic rings. The van der Waals surface area contributed by atoms with E-state index in [1.54, 1.807) is 10.9 Å². The summed E-state index contributed by atoms with van der Waals surface area (Å²) in [5.74, 6) is 1.51. The minimum absolute atomic E-state index is 0.0489. The molecule has 0 amide bonds. The van der Waals surface area contributed by atoms with Crippen molar-refractivity contribution >= 4 is 18.4 Å². The minimum Gasteiger partial charge on any atom is -0.493 e. The van der Waals surface area contributed by atoms with Crippen LogP contribution in [0.5, 0.6) is 5.75 Å². The highest BCUT2D eigenvalue weighted by molar-refractivity contribution is 7.71. The normalized spacial score (nSPS) is 18.1. The van der Waals surface area contributed by atoms with Crippen molar-refractivity contribution in [1.29, 1.82) is 0 Å². The molecule has 1 aliphatic heterocycles. The smallest absolute Gasteiger partial charge is 0.216 e. The summed E-state index contributed by atoms with van der Waals surface area (Å²) >= 11 is 5.25. The molecular formula is C15H18N4O2S. The van der Waals surface area contributed by atoms with Gasteiger partial charge in [0.25, 0.3) is 0 Å². The second kappa shape index (κ2) is 6.85. The van der Waals surface area contributed by atoms with Gasteiger partial charge in [-0.05, 0) is 44.1 Å². The lowest BCUT2D eigenvalue weighted by molar-refractivity contribution is 0.102. The van der Waals surface area contributed by atoms with Crippen LogP contribution in [0.15, 0.2) is 29.4 Å². The maximum absolute atomic E-state index is 5.66. The van der Waals surface area contributed by atoms with Crippen molar-refractivity contribution in [3.8, 4) is 5.75 Å². The van der Waals surface area contributed by atoms with Crippen molar-refractivity contribution in [2.24, 2.45) is 5.10 Å². The fourth-order valence-electron chi connectivity index (χ4n) is 2.40. The van der Waals surface area contributed by atoms with E-state index in [4.69, 9.17) is 21.7 Å². The second-order valence-corrected chi connectivity index (χ2v) is 5.30. The van der Waals surface area contributed by atoms with Crippen molar-refractivity contribution in [1.82, 2.24) is 14.9 Å². The predicted molar refractivity (Wildman–Crippen MR) is 85.9 cm³/mol. The number of H-pyrrole nitrogens is 1. The van der Waals surface area contributed by atoms with E-state index in [1.807, 2.05) is 31.2 Å². The van der Waals surface area contributed by atoms with E-state index in [9.17, 15) is 0 Å². The monoisotopic (exact) mass is 318 g/mol. The molecule has 1 saturated heterocycles. The number of benzene rings is 1. The molecule has 0 bridgehead atoms. The molecule has 7 heteroatoms. The van der Waals surface area contributed by atoms with Gasteiger partial charge in [0, 0.05) is 12.2 Å². The fraction of sp³-hybridized carbons (Fsp3) is 0.400. The van der Waals surface area contributed by atoms with Crippen LogP contribution in [0.1, 0.15) is 37.3 Å². The molecule has 22 heavy (non-hydrogen) atoms. The lowest BCUT2D eigenvalue weighted by Gasteiger charge is -2.08. The summed E-state index contributed by atoms with van der Waals surface area (Å²) in [5.41, 5.74) is 0.894. The van der Waals surface area contributed by atoms with Crippen molar-refractivity contribution in [3.05, 3.63) is 40.4 Å². The first kappa shape index (κ1) is 14.9. The van der Waals surface area contributed by atoms with Crippen LogP contribution in [-0.2, 0) is 4.74 Å². The van der Waals surface area contributed by atoms with Crippen LogP contribution in [0.4, 0.5) is 0 Å². The van der Waals surface area contributed by atoms with E-state index in [0.29, 0.717) is 17.2 Å². The van der Waals surface area contributed by atoms with Crippen LogP contribution in [0.3, 0.4) is 0 Å². The van der Waals surface area contributed by atoms with E-state index in [-0.39, 0.29) is 6.10 Å². The van der Waals surface area contributed by atoms with Gasteiger partial charge in [-0.1, -0.05) is 12.1 Å². The summed E-state index contributed by atoms with van der Waals surface area (Å²) in [6, 6.07) is 7.74. The maximum Gasteiger partial charge on any atom is 0.216 e. The maximum atomic E-state index is 5.66. The Hall–Kier alpha value is -1.99. The highest BCUT2D eigenvalue weighted by Gasteiger charge is 2.23. The number of aromatic amines is 1. The highest BCUT2D eigenvalue weighted by Crippen LogP contribution is 2.27. The van der Waals surface area contributed by atoms with Crippen molar-refractivity contribution in [2.75, 3.05) is 13.2 Å². The third-order valence-corrected chi connectivity index (χ3v) is 3.69. The summed E-state index contributed by atoms with van der Waals surface area (Å²) in [4.78, 5) is 0. The molecule has 1 aromatic carbocycles. The fourth-order valence-corrected chi connectivity index (χ4v) is 2.59. The Balaban J connectivity index is 1.90. The van der Waals surface area contributed by atoms with Crippen molar-refractivity contribution in [2.45, 2.75) is 25.9 Å². The van der Waals surface area contributed by atoms with Gasteiger partial charge >= 0.3 is 0 Å². The molecule has 6 nitrogen and oxygen atoms in total. The number of aromatic nitrogens is 3. The van der Waals surface area contributed by atoms with E-state index in [2.05, 4.69) is 15.3 Å². The molecule has 2 heterocycles. The average Bonchev–Trinajstić information content (AvgIpc) is 3.16. The zero-order valence-electron chi connectivity index (χ0n) is 12.4. The number of ether oxygens (including phenoxy) is 2. The van der Waals surface area contributed by atoms with Crippen LogP contribution in [0.25, 0.3) is 0 Å². The third-order valence-electron chi connectivity index (χ3n) is 3.42. The van der Waals surface area contributed by atoms with Crippen molar-refractivity contribution in [3.63, 3.8) is 0 Å². The van der Waals surface area contributed by atoms with Crippen LogP contribution >= 0.6 is 12.2 Å². The van der Waals surface area contributed by atoms with Crippen molar-refractivity contribution < 1.29 is 9.47 Å². The van der Waals surface area contributed by atoms with Gasteiger partial charge in [-0.2, -0.15) is 14.9 Å². The second-order valence-electron chi connectivity index (χ2n) is 4.92. The molecular weight excluding hydrogens is 300 g/mol. The van der Waals surface area contributed by atoms with E-state index < -0.39 is 0 Å². The van der Waals surface area contributed by atoms with E-state index in [1.165, 1.54) is 0 Å². The third kappa shape index (κ3) is 3.10. The Bertz CT molecular complexity index is 716. The Morgan fingerprint density at radius 2 is 2.41 bits per heavy atom. The Labute approximate surface area is 133 Å². The molecule has 1 N–H and O–H groups in total. The Morgan fingerprint density at radius 1 is 1.55 bits per heavy atom. The van der Waals surface area contributed by atoms with Gasteiger partial charge in [-0.25, -0.2) is 0 Å². The molecule has 0 aliphatic carbocycles. The summed E-state index contributed by atoms with van der Waals surface area (Å²) < 4.78 is 13.3. The zero-order valence-corrected chi connectivity index (χ0v) is 13.2. The number of nitrogens with zero attached hydrogens (tertiary/aromatic N) is 3. The SMILES string of the molecule is CCOc1ccccc1/C=N\n1c([C@@H]2CCCO2)n[nH]c1=S. The Kier molecular flexibility index (Phi) is 4.65. The zero-order chi connectivity index (χ0) is 15.4. The molecule has 3 rings (SSSR count). The number of nitrogens with one attached hydrogen (secondary N) is 1. The topological polar surface area (TPSA) is 64.4 Å². The standard InChI is InChI=1S/C15H18N4O2S/c1-2-20-12-7-4-3-6-11(12)10-16-19-14(17-18-15(19)22)13-8-5-9-21-13/h3-4,6-7,10,13H,2,5,8-9H2,1H3,(H,18,22)/b16-10-/t13-/m0/s1. The molecule has 0 unspecified atom stereocenters. The first-order chi connectivity index (χ1) is 10.8. The van der Waals surface area contributed by atoms with Gasteiger partial charge in [0.1, 0.15) is 11.9 Å². The molecule has 1 atom stereocenters. The van der Waals surface area contributed by atoms with Gasteiger partial charge in [-0.15, -0.1) is 0 Å². The quantitative estimate of drug-likeness (QED) is 0.680. The number of rotatable bonds is 5. The molecule has 0 saturated carbocycles. The molecule has 0 radical (unpaired) electrons. The molecule has 1 fully saturated rings. The number of para-hydroxylation sites is 1. The molecule has 2 aromatic rings. The summed E-state index contributed by atoms with van der Waals surface area (Å²) in [6.45, 7) is 3.31. The largest absolute Gasteiger partial charge is 0.493 e. The average molecular weight is 318 g/mol. The number of hydrogen-bond acceptors (Lipinski definition) is 5. The van der Waals surface area contributed by atoms with Crippen LogP contribution in [-0.4, -0.2) is 34.3 Å². The van der Waals surface area contributed by atoms with E-state index in [0.717, 1.165) is 30.8 Å². The van der Waals surface area contributed by atoms with Crippen LogP contribution < -0.4 is 4.74 Å². The molecule has 116 valence electrons. The first-order valence-electron chi connectivity index (χ1n) is 7.34. The first-order valence-corrected chi connectivity index (χ1v) is 7.75. The Morgan fingerprint density at radius 3 is 3.18 bits per heavy atom. The predicted octanol–water partition coefficient (Wildman–Crippen LogP) is 3.07. The lowest BCUT2D eigenvalue weighted by Crippen LogP contribution is -2.05. The van der Waals surface area contributed by atoms with Gasteiger partial charge in [0.15, 0.2) is 5.82 Å². The van der Waals surface area contributed by atoms with Crippen LogP contribution in [0, 0.1) is 4.77 Å². The summed E-state index contributed by atoms with van der Waals surface area (Å²) in [7, 11) is 0. The van der Waals surface area contributed by atoms with Gasteiger partial charge < -0.3 is 9.47 Å². The highest BCUT2D eigenvalue weighted by atomic mass is 32.1. The lowest BCUT2D eigenvalue weighted by atomic mass is 10.2. The summed E-state index contributed by atoms with van der Waals surface area (Å²) in [5, 5.41) is 11.5.